The molecule has 15 heavy (non-hydrogen) atoms. The highest BCUT2D eigenvalue weighted by Gasteiger charge is 2.28. The number of hydrogen-bond acceptors (Lipinski definition) is 3. The highest BCUT2D eigenvalue weighted by atomic mass is 16.5. The van der Waals surface area contributed by atoms with Crippen LogP contribution >= 0.6 is 0 Å². The lowest BCUT2D eigenvalue weighted by Crippen LogP contribution is -2.45. The van der Waals surface area contributed by atoms with E-state index in [9.17, 15) is 9.59 Å². The number of nitrogens with one attached hydrogen (secondary N) is 1. The summed E-state index contributed by atoms with van der Waals surface area (Å²) in [7, 11) is 1.31. The second-order valence-corrected chi connectivity index (χ2v) is 4.12. The molecule has 1 unspecified atom stereocenters. The molecule has 0 aliphatic heterocycles. The molecule has 1 fully saturated rings. The second-order valence-electron chi connectivity index (χ2n) is 4.12. The van der Waals surface area contributed by atoms with E-state index in [0.29, 0.717) is 0 Å². The number of methoxy groups -OCH3 is 1. The third-order valence-corrected chi connectivity index (χ3v) is 3.02. The Morgan fingerprint density at radius 2 is 1.87 bits per heavy atom. The summed E-state index contributed by atoms with van der Waals surface area (Å²) in [5.41, 5.74) is 0. The molecular weight excluding hydrogens is 194 g/mol. The van der Waals surface area contributed by atoms with Gasteiger partial charge < -0.3 is 10.1 Å². The van der Waals surface area contributed by atoms with Gasteiger partial charge in [0.2, 0.25) is 0 Å². The largest absolute Gasteiger partial charge is 0.453 e. The van der Waals surface area contributed by atoms with Gasteiger partial charge in [0.1, 0.15) is 0 Å². The summed E-state index contributed by atoms with van der Waals surface area (Å²) in [5.74, 6) is 0.308. The van der Waals surface area contributed by atoms with E-state index >= 15 is 0 Å². The van der Waals surface area contributed by atoms with Crippen molar-refractivity contribution < 1.29 is 14.3 Å². The number of rotatable bonds is 3. The first kappa shape index (κ1) is 12.0. The van der Waals surface area contributed by atoms with Crippen LogP contribution in [0.3, 0.4) is 0 Å². The number of ether oxygens (including phenoxy) is 1. The molecule has 0 spiro atoms. The van der Waals surface area contributed by atoms with Gasteiger partial charge in [0.05, 0.1) is 13.2 Å². The number of carbonyl (C=O) groups excluding carboxylic acids is 2. The van der Waals surface area contributed by atoms with Crippen LogP contribution in [-0.2, 0) is 9.53 Å². The van der Waals surface area contributed by atoms with Gasteiger partial charge >= 0.3 is 6.09 Å². The maximum atomic E-state index is 11.4. The molecule has 0 aromatic heterocycles. The van der Waals surface area contributed by atoms with Gasteiger partial charge in [0.15, 0.2) is 5.78 Å². The lowest BCUT2D eigenvalue weighted by molar-refractivity contribution is -0.120. The van der Waals surface area contributed by atoms with Gasteiger partial charge in [-0.3, -0.25) is 4.79 Å². The number of ketones is 1. The van der Waals surface area contributed by atoms with Crippen molar-refractivity contribution in [1.29, 1.82) is 0 Å². The van der Waals surface area contributed by atoms with Gasteiger partial charge in [-0.05, 0) is 25.7 Å². The average molecular weight is 213 g/mol. The molecule has 86 valence electrons. The fraction of sp³-hybridized carbons (Fsp3) is 0.818. The van der Waals surface area contributed by atoms with Crippen LogP contribution in [0.5, 0.6) is 0 Å². The predicted octanol–water partition coefficient (Wildman–Crippen LogP) is 1.88. The molecule has 4 heteroatoms. The van der Waals surface area contributed by atoms with Crippen LogP contribution in [0.25, 0.3) is 0 Å². The highest BCUT2D eigenvalue weighted by molar-refractivity contribution is 5.85. The first-order valence-electron chi connectivity index (χ1n) is 5.50. The van der Waals surface area contributed by atoms with Crippen molar-refractivity contribution >= 4 is 11.9 Å². The molecule has 1 rings (SSSR count). The van der Waals surface area contributed by atoms with Gasteiger partial charge in [0, 0.05) is 0 Å². The summed E-state index contributed by atoms with van der Waals surface area (Å²) in [6, 6.07) is -0.363. The Morgan fingerprint density at radius 1 is 1.27 bits per heavy atom. The molecule has 1 N–H and O–H groups in total. The van der Waals surface area contributed by atoms with Gasteiger partial charge in [-0.1, -0.05) is 19.3 Å². The van der Waals surface area contributed by atoms with Gasteiger partial charge in [0.25, 0.3) is 0 Å². The van der Waals surface area contributed by atoms with E-state index < -0.39 is 6.09 Å². The highest BCUT2D eigenvalue weighted by Crippen LogP contribution is 2.26. The van der Waals surface area contributed by atoms with Crippen molar-refractivity contribution in [2.45, 2.75) is 45.1 Å². The number of alkyl carbamates (subject to hydrolysis) is 1. The van der Waals surface area contributed by atoms with Crippen LogP contribution in [0.15, 0.2) is 0 Å². The smallest absolute Gasteiger partial charge is 0.407 e. The first-order valence-corrected chi connectivity index (χ1v) is 5.50. The molecule has 0 radical (unpaired) electrons. The summed E-state index contributed by atoms with van der Waals surface area (Å²) in [6.45, 7) is 1.52. The lowest BCUT2D eigenvalue weighted by Gasteiger charge is -2.28. The van der Waals surface area contributed by atoms with Gasteiger partial charge in [-0.15, -0.1) is 0 Å². The van der Waals surface area contributed by atoms with E-state index in [0.717, 1.165) is 25.7 Å². The van der Waals surface area contributed by atoms with E-state index in [4.69, 9.17) is 0 Å². The molecular formula is C11H19NO3. The van der Waals surface area contributed by atoms with Crippen molar-refractivity contribution in [1.82, 2.24) is 5.32 Å². The van der Waals surface area contributed by atoms with Gasteiger partial charge in [-0.25, -0.2) is 4.79 Å². The molecule has 1 aliphatic rings. The maximum Gasteiger partial charge on any atom is 0.407 e. The number of amides is 1. The van der Waals surface area contributed by atoms with Crippen LogP contribution in [0.4, 0.5) is 4.79 Å². The minimum atomic E-state index is -0.513. The Bertz CT molecular complexity index is 234. The summed E-state index contributed by atoms with van der Waals surface area (Å²) in [5, 5.41) is 2.63. The van der Waals surface area contributed by atoms with Crippen LogP contribution in [0.2, 0.25) is 0 Å². The quantitative estimate of drug-likeness (QED) is 0.778. The monoisotopic (exact) mass is 213 g/mol. The Balaban J connectivity index is 2.55. The minimum Gasteiger partial charge on any atom is -0.453 e. The first-order chi connectivity index (χ1) is 7.15. The zero-order valence-electron chi connectivity index (χ0n) is 9.41. The molecule has 4 nitrogen and oxygen atoms in total. The van der Waals surface area contributed by atoms with E-state index in [1.165, 1.54) is 20.5 Å². The van der Waals surface area contributed by atoms with Crippen molar-refractivity contribution in [2.24, 2.45) is 5.92 Å². The molecule has 0 heterocycles. The Hall–Kier alpha value is -1.06. The number of Topliss-reactive ketones (excluding diaryl/α,β-unsaturated/α-hetero) is 1. The van der Waals surface area contributed by atoms with Crippen molar-refractivity contribution in [3.05, 3.63) is 0 Å². The summed E-state index contributed by atoms with van der Waals surface area (Å²) in [4.78, 5) is 22.5. The molecule has 0 bridgehead atoms. The third-order valence-electron chi connectivity index (χ3n) is 3.02. The van der Waals surface area contributed by atoms with Crippen LogP contribution in [0, 0.1) is 5.92 Å². The standard InChI is InChI=1S/C11H19NO3/c1-8(13)10(12-11(14)15-2)9-6-4-3-5-7-9/h9-10H,3-7H2,1-2H3,(H,12,14). The molecule has 1 saturated carbocycles. The van der Waals surface area contributed by atoms with E-state index in [1.807, 2.05) is 0 Å². The van der Waals surface area contributed by atoms with E-state index in [-0.39, 0.29) is 17.7 Å². The van der Waals surface area contributed by atoms with E-state index in [2.05, 4.69) is 10.1 Å². The number of hydrogen-bond donors (Lipinski definition) is 1. The fourth-order valence-corrected chi connectivity index (χ4v) is 2.20. The Kier molecular flexibility index (Phi) is 4.59. The zero-order chi connectivity index (χ0) is 11.3. The topological polar surface area (TPSA) is 55.4 Å². The van der Waals surface area contributed by atoms with Crippen LogP contribution in [0.1, 0.15) is 39.0 Å². The zero-order valence-corrected chi connectivity index (χ0v) is 9.41. The average Bonchev–Trinajstić information content (AvgIpc) is 2.26. The molecule has 1 atom stereocenters. The lowest BCUT2D eigenvalue weighted by atomic mass is 9.82. The fourth-order valence-electron chi connectivity index (χ4n) is 2.20. The van der Waals surface area contributed by atoms with Crippen molar-refractivity contribution in [2.75, 3.05) is 7.11 Å². The Labute approximate surface area is 90.4 Å². The minimum absolute atomic E-state index is 0.0206. The normalized spacial score (nSPS) is 19.3. The third kappa shape index (κ3) is 3.53. The molecule has 0 aromatic rings. The van der Waals surface area contributed by atoms with Crippen LogP contribution < -0.4 is 5.32 Å². The summed E-state index contributed by atoms with van der Waals surface area (Å²) >= 11 is 0. The van der Waals surface area contributed by atoms with Crippen LogP contribution in [-0.4, -0.2) is 25.0 Å². The summed E-state index contributed by atoms with van der Waals surface area (Å²) < 4.78 is 4.52. The predicted molar refractivity (Wildman–Crippen MR) is 56.6 cm³/mol. The Morgan fingerprint density at radius 3 is 2.33 bits per heavy atom. The van der Waals surface area contributed by atoms with Gasteiger partial charge in [-0.2, -0.15) is 0 Å². The SMILES string of the molecule is COC(=O)NC(C(C)=O)C1CCCCC1. The summed E-state index contributed by atoms with van der Waals surface area (Å²) in [6.07, 6.45) is 5.07. The molecule has 0 saturated heterocycles. The number of carbonyl (C=O) groups is 2. The molecule has 1 amide bonds. The van der Waals surface area contributed by atoms with E-state index in [1.54, 1.807) is 0 Å². The van der Waals surface area contributed by atoms with Crippen molar-refractivity contribution in [3.63, 3.8) is 0 Å². The second kappa shape index (κ2) is 5.73. The molecule has 1 aliphatic carbocycles. The van der Waals surface area contributed by atoms with Crippen molar-refractivity contribution in [3.8, 4) is 0 Å². The maximum absolute atomic E-state index is 11.4. The molecule has 0 aromatic carbocycles.